The number of benzene rings is 1. The van der Waals surface area contributed by atoms with E-state index in [9.17, 15) is 0 Å². The zero-order chi connectivity index (χ0) is 13.4. The molecule has 0 saturated heterocycles. The Kier molecular flexibility index (Phi) is 7.51. The standard InChI is InChI=1S/C14H23BrN2O/c1-3-17(9-10-18-4-2)14(11-16)12-7-5-6-8-13(12)15/h5-8,14H,3-4,9-11,16H2,1-2H3. The summed E-state index contributed by atoms with van der Waals surface area (Å²) in [4.78, 5) is 2.36. The Balaban J connectivity index is 2.76. The first-order chi connectivity index (χ1) is 8.74. The molecule has 0 bridgehead atoms. The highest BCUT2D eigenvalue weighted by molar-refractivity contribution is 9.10. The molecule has 2 N–H and O–H groups in total. The molecule has 102 valence electrons. The van der Waals surface area contributed by atoms with Crippen molar-refractivity contribution in [3.63, 3.8) is 0 Å². The molecule has 0 fully saturated rings. The van der Waals surface area contributed by atoms with Crippen LogP contribution in [0.1, 0.15) is 25.5 Å². The second-order valence-electron chi connectivity index (χ2n) is 4.10. The zero-order valence-electron chi connectivity index (χ0n) is 11.2. The molecule has 0 aliphatic carbocycles. The van der Waals surface area contributed by atoms with Gasteiger partial charge in [-0.1, -0.05) is 41.1 Å². The van der Waals surface area contributed by atoms with Gasteiger partial charge in [0.1, 0.15) is 0 Å². The topological polar surface area (TPSA) is 38.5 Å². The molecule has 1 unspecified atom stereocenters. The number of nitrogens with zero attached hydrogens (tertiary/aromatic N) is 1. The number of nitrogens with two attached hydrogens (primary N) is 1. The number of likely N-dealkylation sites (N-methyl/N-ethyl adjacent to an activating group) is 1. The number of rotatable bonds is 8. The van der Waals surface area contributed by atoms with Gasteiger partial charge < -0.3 is 10.5 Å². The SMILES string of the molecule is CCOCCN(CC)C(CN)c1ccccc1Br. The Labute approximate surface area is 118 Å². The minimum Gasteiger partial charge on any atom is -0.380 e. The van der Waals surface area contributed by atoms with Gasteiger partial charge in [-0.25, -0.2) is 0 Å². The zero-order valence-corrected chi connectivity index (χ0v) is 12.8. The van der Waals surface area contributed by atoms with Gasteiger partial charge in [-0.3, -0.25) is 4.90 Å². The average molecular weight is 315 g/mol. The summed E-state index contributed by atoms with van der Waals surface area (Å²) in [6.45, 7) is 8.19. The molecule has 4 heteroatoms. The lowest BCUT2D eigenvalue weighted by atomic mass is 10.1. The molecule has 0 saturated carbocycles. The minimum atomic E-state index is 0.242. The first-order valence-corrected chi connectivity index (χ1v) is 7.30. The lowest BCUT2D eigenvalue weighted by Crippen LogP contribution is -2.36. The van der Waals surface area contributed by atoms with Crippen LogP contribution in [0.3, 0.4) is 0 Å². The van der Waals surface area contributed by atoms with Crippen molar-refractivity contribution in [2.45, 2.75) is 19.9 Å². The van der Waals surface area contributed by atoms with Crippen LogP contribution in [-0.2, 0) is 4.74 Å². The van der Waals surface area contributed by atoms with E-state index < -0.39 is 0 Å². The van der Waals surface area contributed by atoms with Gasteiger partial charge in [-0.2, -0.15) is 0 Å². The number of hydrogen-bond donors (Lipinski definition) is 1. The fourth-order valence-corrected chi connectivity index (χ4v) is 2.63. The van der Waals surface area contributed by atoms with Gasteiger partial charge in [0, 0.05) is 30.2 Å². The van der Waals surface area contributed by atoms with Crippen LogP contribution in [0, 0.1) is 0 Å². The van der Waals surface area contributed by atoms with Crippen LogP contribution >= 0.6 is 15.9 Å². The van der Waals surface area contributed by atoms with Gasteiger partial charge in [0.15, 0.2) is 0 Å². The summed E-state index contributed by atoms with van der Waals surface area (Å²) in [5.41, 5.74) is 7.20. The Morgan fingerprint density at radius 2 is 2.06 bits per heavy atom. The third-order valence-electron chi connectivity index (χ3n) is 3.06. The van der Waals surface area contributed by atoms with Gasteiger partial charge in [-0.05, 0) is 25.1 Å². The van der Waals surface area contributed by atoms with E-state index in [1.807, 2.05) is 13.0 Å². The average Bonchev–Trinajstić information content (AvgIpc) is 2.39. The molecule has 1 atom stereocenters. The van der Waals surface area contributed by atoms with Gasteiger partial charge in [0.2, 0.25) is 0 Å². The first-order valence-electron chi connectivity index (χ1n) is 6.50. The van der Waals surface area contributed by atoms with Crippen LogP contribution in [0.2, 0.25) is 0 Å². The maximum Gasteiger partial charge on any atom is 0.0593 e. The summed E-state index contributed by atoms with van der Waals surface area (Å²) >= 11 is 3.60. The van der Waals surface area contributed by atoms with E-state index in [1.165, 1.54) is 5.56 Å². The Bertz CT molecular complexity index is 346. The minimum absolute atomic E-state index is 0.242. The van der Waals surface area contributed by atoms with E-state index in [0.717, 1.165) is 30.8 Å². The number of hydrogen-bond acceptors (Lipinski definition) is 3. The fraction of sp³-hybridized carbons (Fsp3) is 0.571. The van der Waals surface area contributed by atoms with Crippen molar-refractivity contribution < 1.29 is 4.74 Å². The van der Waals surface area contributed by atoms with Crippen LogP contribution < -0.4 is 5.73 Å². The Morgan fingerprint density at radius 1 is 1.33 bits per heavy atom. The number of halogens is 1. The van der Waals surface area contributed by atoms with E-state index in [1.54, 1.807) is 0 Å². The molecule has 0 radical (unpaired) electrons. The molecule has 1 rings (SSSR count). The van der Waals surface area contributed by atoms with Crippen molar-refractivity contribution in [1.29, 1.82) is 0 Å². The predicted molar refractivity (Wildman–Crippen MR) is 79.7 cm³/mol. The van der Waals surface area contributed by atoms with Crippen LogP contribution in [0.4, 0.5) is 0 Å². The summed E-state index contributed by atoms with van der Waals surface area (Å²) in [6.07, 6.45) is 0. The first kappa shape index (κ1) is 15.6. The van der Waals surface area contributed by atoms with Crippen molar-refractivity contribution >= 4 is 15.9 Å². The highest BCUT2D eigenvalue weighted by atomic mass is 79.9. The number of ether oxygens (including phenoxy) is 1. The van der Waals surface area contributed by atoms with Crippen LogP contribution in [0.15, 0.2) is 28.7 Å². The van der Waals surface area contributed by atoms with Gasteiger partial charge in [-0.15, -0.1) is 0 Å². The molecule has 1 aromatic carbocycles. The van der Waals surface area contributed by atoms with Crippen molar-refractivity contribution in [1.82, 2.24) is 4.90 Å². The maximum absolute atomic E-state index is 5.95. The molecular formula is C14H23BrN2O. The van der Waals surface area contributed by atoms with E-state index in [4.69, 9.17) is 10.5 Å². The molecule has 0 aliphatic rings. The van der Waals surface area contributed by atoms with Gasteiger partial charge in [0.25, 0.3) is 0 Å². The van der Waals surface area contributed by atoms with Gasteiger partial charge in [0.05, 0.1) is 6.61 Å². The van der Waals surface area contributed by atoms with E-state index in [2.05, 4.69) is 46.0 Å². The summed E-state index contributed by atoms with van der Waals surface area (Å²) in [5, 5.41) is 0. The molecule has 0 spiro atoms. The lowest BCUT2D eigenvalue weighted by molar-refractivity contribution is 0.0979. The third-order valence-corrected chi connectivity index (χ3v) is 3.78. The molecule has 0 aromatic heterocycles. The highest BCUT2D eigenvalue weighted by Crippen LogP contribution is 2.26. The molecule has 0 heterocycles. The largest absolute Gasteiger partial charge is 0.380 e. The monoisotopic (exact) mass is 314 g/mol. The van der Waals surface area contributed by atoms with E-state index in [0.29, 0.717) is 6.54 Å². The second-order valence-corrected chi connectivity index (χ2v) is 4.95. The summed E-state index contributed by atoms with van der Waals surface area (Å²) in [5.74, 6) is 0. The third kappa shape index (κ3) is 4.35. The summed E-state index contributed by atoms with van der Waals surface area (Å²) in [7, 11) is 0. The Morgan fingerprint density at radius 3 is 2.61 bits per heavy atom. The second kappa shape index (κ2) is 8.64. The normalized spacial score (nSPS) is 12.9. The quantitative estimate of drug-likeness (QED) is 0.750. The molecule has 0 aliphatic heterocycles. The van der Waals surface area contributed by atoms with Crippen molar-refractivity contribution in [3.05, 3.63) is 34.3 Å². The van der Waals surface area contributed by atoms with Gasteiger partial charge >= 0.3 is 0 Å². The van der Waals surface area contributed by atoms with Crippen molar-refractivity contribution in [3.8, 4) is 0 Å². The van der Waals surface area contributed by atoms with Crippen molar-refractivity contribution in [2.75, 3.05) is 32.8 Å². The van der Waals surface area contributed by atoms with Crippen LogP contribution in [0.25, 0.3) is 0 Å². The smallest absolute Gasteiger partial charge is 0.0593 e. The highest BCUT2D eigenvalue weighted by Gasteiger charge is 2.19. The summed E-state index contributed by atoms with van der Waals surface area (Å²) in [6, 6.07) is 8.52. The Hall–Kier alpha value is -0.420. The molecule has 0 amide bonds. The molecule has 3 nitrogen and oxygen atoms in total. The van der Waals surface area contributed by atoms with E-state index >= 15 is 0 Å². The fourth-order valence-electron chi connectivity index (χ4n) is 2.08. The van der Waals surface area contributed by atoms with Crippen LogP contribution in [0.5, 0.6) is 0 Å². The van der Waals surface area contributed by atoms with E-state index in [-0.39, 0.29) is 6.04 Å². The molecular weight excluding hydrogens is 292 g/mol. The predicted octanol–water partition coefficient (Wildman–Crippen LogP) is 2.81. The van der Waals surface area contributed by atoms with Crippen molar-refractivity contribution in [2.24, 2.45) is 5.73 Å². The summed E-state index contributed by atoms with van der Waals surface area (Å²) < 4.78 is 6.55. The molecule has 18 heavy (non-hydrogen) atoms. The van der Waals surface area contributed by atoms with Crippen LogP contribution in [-0.4, -0.2) is 37.7 Å². The maximum atomic E-state index is 5.95. The molecule has 1 aromatic rings. The lowest BCUT2D eigenvalue weighted by Gasteiger charge is -2.30.